The Balaban J connectivity index is 1.38. The number of ether oxygens (including phenoxy) is 1. The zero-order valence-corrected chi connectivity index (χ0v) is 25.2. The Morgan fingerprint density at radius 1 is 1.12 bits per heavy atom. The van der Waals surface area contributed by atoms with E-state index in [0.29, 0.717) is 37.1 Å². The number of piperidine rings is 1. The van der Waals surface area contributed by atoms with Gasteiger partial charge in [-0.05, 0) is 54.4 Å². The molecule has 0 aliphatic carbocycles. The van der Waals surface area contributed by atoms with Gasteiger partial charge in [-0.15, -0.1) is 0 Å². The molecule has 0 aromatic heterocycles. The molecule has 2 aliphatic rings. The highest BCUT2D eigenvalue weighted by atomic mass is 28.3. The average molecular weight is 575 g/mol. The maximum Gasteiger partial charge on any atom is 0.255 e. The van der Waals surface area contributed by atoms with E-state index in [1.807, 2.05) is 36.2 Å². The smallest absolute Gasteiger partial charge is 0.255 e. The predicted molar refractivity (Wildman–Crippen MR) is 160 cm³/mol. The summed E-state index contributed by atoms with van der Waals surface area (Å²) in [4.78, 5) is 55.3. The number of fused-ring (bicyclic) bond motifs is 1. The van der Waals surface area contributed by atoms with Crippen molar-refractivity contribution in [2.24, 2.45) is 5.73 Å². The summed E-state index contributed by atoms with van der Waals surface area (Å²) >= 11 is 0. The number of benzene rings is 2. The molecule has 0 saturated carbocycles. The molecule has 1 unspecified atom stereocenters. The minimum atomic E-state index is -1.30. The average Bonchev–Trinajstić information content (AvgIpc) is 3.26. The Morgan fingerprint density at radius 2 is 1.85 bits per heavy atom. The third kappa shape index (κ3) is 7.23. The van der Waals surface area contributed by atoms with Crippen molar-refractivity contribution >= 4 is 37.4 Å². The number of nitrogens with two attached hydrogens (primary N) is 1. The van der Waals surface area contributed by atoms with Crippen LogP contribution in [0.4, 0.5) is 5.69 Å². The monoisotopic (exact) mass is 574 g/mol. The molecule has 216 valence electrons. The lowest BCUT2D eigenvalue weighted by Gasteiger charge is -2.35. The first-order valence-corrected chi connectivity index (χ1v) is 17.6. The van der Waals surface area contributed by atoms with Crippen molar-refractivity contribution in [2.45, 2.75) is 57.5 Å². The van der Waals surface area contributed by atoms with E-state index in [2.05, 4.69) is 31.5 Å². The maximum atomic E-state index is 13.4. The lowest BCUT2D eigenvalue weighted by Crippen LogP contribution is -2.55. The molecule has 10 heteroatoms. The number of anilines is 1. The van der Waals surface area contributed by atoms with E-state index < -0.39 is 20.0 Å². The van der Waals surface area contributed by atoms with Crippen molar-refractivity contribution < 1.29 is 23.9 Å². The van der Waals surface area contributed by atoms with Crippen LogP contribution in [-0.2, 0) is 20.9 Å². The summed E-state index contributed by atoms with van der Waals surface area (Å²) in [7, 11) is 0.652. The van der Waals surface area contributed by atoms with Gasteiger partial charge in [-0.3, -0.25) is 24.1 Å². The van der Waals surface area contributed by atoms with Gasteiger partial charge >= 0.3 is 0 Å². The number of rotatable bonds is 10. The second kappa shape index (κ2) is 12.7. The van der Waals surface area contributed by atoms with Gasteiger partial charge in [0.25, 0.3) is 11.8 Å². The standard InChI is InChI=1S/C31H38N4O5Si/c1-33(24-13-11-23(12-14-24)29(32)37)17-6-5-8-22-9-7-10-25-26(22)20-34(30(25)38)27-15-16-28(36)35(31(27)39)21-40-18-19-41(2,3)4/h7,9-14,27H,6,15-21H2,1-4H3,(H2,32,37). The van der Waals surface area contributed by atoms with Crippen LogP contribution in [0.15, 0.2) is 42.5 Å². The molecule has 2 N–H and O–H groups in total. The number of carbonyl (C=O) groups is 4. The minimum Gasteiger partial charge on any atom is -0.374 e. The van der Waals surface area contributed by atoms with Crippen LogP contribution in [0.25, 0.3) is 0 Å². The maximum absolute atomic E-state index is 13.4. The lowest BCUT2D eigenvalue weighted by molar-refractivity contribution is -0.158. The van der Waals surface area contributed by atoms with Gasteiger partial charge in [0.2, 0.25) is 11.8 Å². The number of hydrogen-bond donors (Lipinski definition) is 1. The predicted octanol–water partition coefficient (Wildman–Crippen LogP) is 3.45. The summed E-state index contributed by atoms with van der Waals surface area (Å²) < 4.78 is 5.70. The number of imide groups is 1. The highest BCUT2D eigenvalue weighted by Gasteiger charge is 2.43. The molecular weight excluding hydrogens is 536 g/mol. The van der Waals surface area contributed by atoms with Crippen LogP contribution in [-0.4, -0.2) is 74.5 Å². The highest BCUT2D eigenvalue weighted by Crippen LogP contribution is 2.31. The van der Waals surface area contributed by atoms with Crippen LogP contribution < -0.4 is 10.6 Å². The van der Waals surface area contributed by atoms with Crippen LogP contribution >= 0.6 is 0 Å². The molecule has 0 spiro atoms. The number of amides is 4. The lowest BCUT2D eigenvalue weighted by atomic mass is 10.0. The largest absolute Gasteiger partial charge is 0.374 e. The first kappa shape index (κ1) is 30.0. The molecule has 4 amide bonds. The zero-order valence-electron chi connectivity index (χ0n) is 24.2. The summed E-state index contributed by atoms with van der Waals surface area (Å²) in [6.45, 7) is 8.10. The Hall–Kier alpha value is -3.94. The highest BCUT2D eigenvalue weighted by molar-refractivity contribution is 6.76. The Morgan fingerprint density at radius 3 is 2.54 bits per heavy atom. The van der Waals surface area contributed by atoms with E-state index in [0.717, 1.165) is 27.8 Å². The first-order valence-electron chi connectivity index (χ1n) is 13.9. The molecule has 2 heterocycles. The zero-order chi connectivity index (χ0) is 29.7. The van der Waals surface area contributed by atoms with Crippen molar-refractivity contribution in [3.8, 4) is 11.8 Å². The second-order valence-electron chi connectivity index (χ2n) is 11.7. The molecule has 9 nitrogen and oxygen atoms in total. The molecule has 2 aromatic rings. The van der Waals surface area contributed by atoms with Crippen molar-refractivity contribution in [3.63, 3.8) is 0 Å². The van der Waals surface area contributed by atoms with Gasteiger partial charge in [-0.2, -0.15) is 0 Å². The fourth-order valence-corrected chi connectivity index (χ4v) is 5.65. The fourth-order valence-electron chi connectivity index (χ4n) is 4.89. The Kier molecular flexibility index (Phi) is 9.30. The number of nitrogens with zero attached hydrogens (tertiary/aromatic N) is 3. The normalized spacial score (nSPS) is 16.9. The van der Waals surface area contributed by atoms with Gasteiger partial charge in [-0.1, -0.05) is 37.5 Å². The summed E-state index contributed by atoms with van der Waals surface area (Å²) in [6, 6.07) is 12.8. The van der Waals surface area contributed by atoms with Gasteiger partial charge in [0.15, 0.2) is 0 Å². The number of likely N-dealkylation sites (tertiary alicyclic amines) is 1. The third-order valence-corrected chi connectivity index (χ3v) is 9.16. The van der Waals surface area contributed by atoms with Crippen LogP contribution in [0, 0.1) is 11.8 Å². The van der Waals surface area contributed by atoms with Crippen molar-refractivity contribution in [1.29, 1.82) is 0 Å². The van der Waals surface area contributed by atoms with E-state index in [1.54, 1.807) is 23.1 Å². The van der Waals surface area contributed by atoms with Crippen LogP contribution in [0.3, 0.4) is 0 Å². The molecule has 1 saturated heterocycles. The molecule has 1 fully saturated rings. The van der Waals surface area contributed by atoms with E-state index in [4.69, 9.17) is 10.5 Å². The van der Waals surface area contributed by atoms with Crippen molar-refractivity contribution in [1.82, 2.24) is 9.80 Å². The molecule has 0 bridgehead atoms. The quantitative estimate of drug-likeness (QED) is 0.201. The summed E-state index contributed by atoms with van der Waals surface area (Å²) in [6.07, 6.45) is 1.08. The van der Waals surface area contributed by atoms with Crippen LogP contribution in [0.2, 0.25) is 25.7 Å². The molecule has 4 rings (SSSR count). The van der Waals surface area contributed by atoms with Crippen molar-refractivity contribution in [2.75, 3.05) is 31.8 Å². The Labute approximate surface area is 242 Å². The summed E-state index contributed by atoms with van der Waals surface area (Å²) in [5.74, 6) is 5.10. The second-order valence-corrected chi connectivity index (χ2v) is 17.3. The van der Waals surface area contributed by atoms with E-state index in [1.165, 1.54) is 0 Å². The van der Waals surface area contributed by atoms with Crippen LogP contribution in [0.5, 0.6) is 0 Å². The van der Waals surface area contributed by atoms with Crippen LogP contribution in [0.1, 0.15) is 51.1 Å². The van der Waals surface area contributed by atoms with Crippen molar-refractivity contribution in [3.05, 3.63) is 64.7 Å². The van der Waals surface area contributed by atoms with Gasteiger partial charge in [-0.25, -0.2) is 0 Å². The number of carbonyl (C=O) groups excluding carboxylic acids is 4. The molecule has 41 heavy (non-hydrogen) atoms. The first-order chi connectivity index (χ1) is 19.5. The molecule has 2 aliphatic heterocycles. The van der Waals surface area contributed by atoms with E-state index in [9.17, 15) is 19.2 Å². The molecule has 1 atom stereocenters. The van der Waals surface area contributed by atoms with Gasteiger partial charge in [0.05, 0.1) is 0 Å². The van der Waals surface area contributed by atoms with Gasteiger partial charge in [0, 0.05) is 70.0 Å². The van der Waals surface area contributed by atoms with E-state index >= 15 is 0 Å². The van der Waals surface area contributed by atoms with Gasteiger partial charge < -0.3 is 20.3 Å². The third-order valence-electron chi connectivity index (χ3n) is 7.46. The number of primary amides is 1. The summed E-state index contributed by atoms with van der Waals surface area (Å²) in [5, 5.41) is 0. The van der Waals surface area contributed by atoms with Gasteiger partial charge in [0.1, 0.15) is 12.8 Å². The molecule has 0 radical (unpaired) electrons. The minimum absolute atomic E-state index is 0.0753. The van der Waals surface area contributed by atoms with E-state index in [-0.39, 0.29) is 37.4 Å². The fraction of sp³-hybridized carbons (Fsp3) is 0.419. The molecular formula is C31H38N4O5Si. The topological polar surface area (TPSA) is 113 Å². The summed E-state index contributed by atoms with van der Waals surface area (Å²) in [5.41, 5.74) is 8.84. The SMILES string of the molecule is CN(CCC#Cc1cccc2c1CN(C1CCC(=O)N(COCC[Si](C)(C)C)C1=O)C2=O)c1ccc(C(N)=O)cc1. The molecule has 2 aromatic carbocycles. The number of hydrogen-bond acceptors (Lipinski definition) is 6. The Bertz CT molecular complexity index is 1390.